The molecular weight excluding hydrogens is 498 g/mol. The highest BCUT2D eigenvalue weighted by Crippen LogP contribution is 2.27. The van der Waals surface area contributed by atoms with Crippen molar-refractivity contribution < 1.29 is 13.9 Å². The molecule has 2 rings (SSSR count). The number of benzene rings is 1. The Labute approximate surface area is 150 Å². The molecule has 1 heterocycles. The Bertz CT molecular complexity index is 654. The topological polar surface area (TPSA) is 48.7 Å². The van der Waals surface area contributed by atoms with Gasteiger partial charge in [0.25, 0.3) is 0 Å². The van der Waals surface area contributed by atoms with Gasteiger partial charge in [-0.2, -0.15) is 0 Å². The van der Waals surface area contributed by atoms with E-state index in [2.05, 4.69) is 45.2 Å². The van der Waals surface area contributed by atoms with E-state index in [0.29, 0.717) is 27.6 Å². The maximum absolute atomic E-state index is 11.6. The van der Waals surface area contributed by atoms with E-state index in [4.69, 9.17) is 13.9 Å². The molecule has 6 heteroatoms. The van der Waals surface area contributed by atoms with Crippen LogP contribution in [0, 0.1) is 0 Å². The van der Waals surface area contributed by atoms with Gasteiger partial charge in [-0.05, 0) is 25.0 Å². The number of hydrogen-bond acceptors (Lipinski definition) is 4. The molecule has 114 valence electrons. The Kier molecular flexibility index (Phi) is 6.59. The summed E-state index contributed by atoms with van der Waals surface area (Å²) in [6, 6.07) is 6.76. The fourth-order valence-corrected chi connectivity index (χ4v) is 2.80. The minimum Gasteiger partial charge on any atom is -0.497 e. The molecule has 0 N–H and O–H groups in total. The van der Waals surface area contributed by atoms with E-state index in [9.17, 15) is 4.79 Å². The Morgan fingerprint density at radius 3 is 2.86 bits per heavy atom. The summed E-state index contributed by atoms with van der Waals surface area (Å²) in [6.45, 7) is 0.598. The van der Waals surface area contributed by atoms with Crippen LogP contribution in [0.4, 0.5) is 0 Å². The first-order chi connectivity index (χ1) is 10.1. The highest BCUT2D eigenvalue weighted by atomic mass is 127. The van der Waals surface area contributed by atoms with Crippen molar-refractivity contribution in [3.8, 4) is 11.5 Å². The van der Waals surface area contributed by atoms with Gasteiger partial charge in [-0.1, -0.05) is 45.2 Å². The third kappa shape index (κ3) is 4.73. The molecule has 1 aromatic heterocycles. The normalized spacial score (nSPS) is 12.3. The molecule has 21 heavy (non-hydrogen) atoms. The zero-order valence-electron chi connectivity index (χ0n) is 11.6. The van der Waals surface area contributed by atoms with Gasteiger partial charge < -0.3 is 13.9 Å². The second-order valence-corrected chi connectivity index (χ2v) is 7.18. The number of fused-ring (bicyclic) bond motifs is 1. The summed E-state index contributed by atoms with van der Waals surface area (Å²) in [5, 5.41) is 0.787. The first kappa shape index (κ1) is 16.9. The van der Waals surface area contributed by atoms with E-state index in [1.54, 1.807) is 13.2 Å². The largest absolute Gasteiger partial charge is 0.497 e. The maximum atomic E-state index is 11.6. The van der Waals surface area contributed by atoms with Gasteiger partial charge >= 0.3 is 5.63 Å². The molecule has 0 spiro atoms. The third-order valence-corrected chi connectivity index (χ3v) is 6.81. The molecule has 1 unspecified atom stereocenters. The van der Waals surface area contributed by atoms with E-state index in [-0.39, 0.29) is 0 Å². The third-order valence-electron chi connectivity index (χ3n) is 3.00. The van der Waals surface area contributed by atoms with Crippen molar-refractivity contribution in [3.05, 3.63) is 34.7 Å². The molecule has 0 aliphatic carbocycles. The van der Waals surface area contributed by atoms with Crippen LogP contribution in [0.15, 0.2) is 33.5 Å². The molecule has 1 atom stereocenters. The van der Waals surface area contributed by atoms with Gasteiger partial charge in [-0.3, -0.25) is 0 Å². The number of halogens is 2. The Morgan fingerprint density at radius 2 is 2.14 bits per heavy atom. The summed E-state index contributed by atoms with van der Waals surface area (Å²) in [5.41, 5.74) is 0.0701. The van der Waals surface area contributed by atoms with Crippen LogP contribution >= 0.6 is 45.2 Å². The van der Waals surface area contributed by atoms with Gasteiger partial charge in [0.15, 0.2) is 0 Å². The molecule has 0 fully saturated rings. The molecular formula is C15H16I2O4. The molecule has 0 radical (unpaired) electrons. The fourth-order valence-electron chi connectivity index (χ4n) is 1.92. The molecule has 0 aliphatic rings. The molecule has 2 aromatic rings. The lowest BCUT2D eigenvalue weighted by Gasteiger charge is -2.10. The van der Waals surface area contributed by atoms with Gasteiger partial charge in [0.2, 0.25) is 0 Å². The first-order valence-corrected chi connectivity index (χ1v) is 9.36. The van der Waals surface area contributed by atoms with Crippen LogP contribution in [0.2, 0.25) is 0 Å². The molecule has 0 bridgehead atoms. The van der Waals surface area contributed by atoms with Crippen LogP contribution in [0.25, 0.3) is 11.0 Å². The predicted molar refractivity (Wildman–Crippen MR) is 100 cm³/mol. The summed E-state index contributed by atoms with van der Waals surface area (Å²) in [7, 11) is 1.58. The van der Waals surface area contributed by atoms with Crippen LogP contribution in [0.1, 0.15) is 12.8 Å². The smallest absolute Gasteiger partial charge is 0.339 e. The van der Waals surface area contributed by atoms with Crippen molar-refractivity contribution >= 4 is 56.2 Å². The molecule has 4 nitrogen and oxygen atoms in total. The Hall–Kier alpha value is -0.510. The van der Waals surface area contributed by atoms with Crippen molar-refractivity contribution in [2.75, 3.05) is 18.1 Å². The molecule has 1 aromatic carbocycles. The van der Waals surface area contributed by atoms with E-state index in [1.165, 1.54) is 6.07 Å². The summed E-state index contributed by atoms with van der Waals surface area (Å²) in [4.78, 5) is 11.6. The number of methoxy groups -OCH3 is 1. The van der Waals surface area contributed by atoms with E-state index in [1.807, 2.05) is 12.1 Å². The second-order valence-electron chi connectivity index (χ2n) is 4.53. The van der Waals surface area contributed by atoms with Gasteiger partial charge in [0.1, 0.15) is 17.1 Å². The Morgan fingerprint density at radius 1 is 1.33 bits per heavy atom. The summed E-state index contributed by atoms with van der Waals surface area (Å²) in [6.07, 6.45) is 2.07. The number of ether oxygens (including phenoxy) is 2. The molecule has 0 saturated heterocycles. The SMILES string of the molecule is COc1ccc2c(OCCCC(I)CI)cc(=O)oc2c1. The predicted octanol–water partition coefficient (Wildman–Crippen LogP) is 4.20. The van der Waals surface area contributed by atoms with Crippen LogP contribution < -0.4 is 15.1 Å². The van der Waals surface area contributed by atoms with Gasteiger partial charge in [-0.15, -0.1) is 0 Å². The zero-order valence-corrected chi connectivity index (χ0v) is 15.9. The molecule has 0 aliphatic heterocycles. The summed E-state index contributed by atoms with van der Waals surface area (Å²) < 4.78 is 17.9. The average Bonchev–Trinajstić information content (AvgIpc) is 2.50. The van der Waals surface area contributed by atoms with E-state index in [0.717, 1.165) is 22.7 Å². The maximum Gasteiger partial charge on any atom is 0.339 e. The lowest BCUT2D eigenvalue weighted by atomic mass is 10.2. The molecule has 0 amide bonds. The van der Waals surface area contributed by atoms with Gasteiger partial charge in [0.05, 0.1) is 25.2 Å². The number of hydrogen-bond donors (Lipinski definition) is 0. The van der Waals surface area contributed by atoms with Crippen molar-refractivity contribution in [1.82, 2.24) is 0 Å². The molecule has 0 saturated carbocycles. The van der Waals surface area contributed by atoms with E-state index < -0.39 is 5.63 Å². The first-order valence-electron chi connectivity index (χ1n) is 6.58. The van der Waals surface area contributed by atoms with Crippen LogP contribution in [0.3, 0.4) is 0 Å². The quantitative estimate of drug-likeness (QED) is 0.241. The van der Waals surface area contributed by atoms with E-state index >= 15 is 0 Å². The van der Waals surface area contributed by atoms with Gasteiger partial charge in [0, 0.05) is 14.4 Å². The van der Waals surface area contributed by atoms with Crippen LogP contribution in [-0.4, -0.2) is 22.1 Å². The average molecular weight is 514 g/mol. The number of rotatable bonds is 7. The summed E-state index contributed by atoms with van der Waals surface area (Å²) >= 11 is 4.83. The lowest BCUT2D eigenvalue weighted by molar-refractivity contribution is 0.309. The van der Waals surface area contributed by atoms with Crippen molar-refractivity contribution in [2.45, 2.75) is 16.8 Å². The fraction of sp³-hybridized carbons (Fsp3) is 0.400. The Balaban J connectivity index is 2.13. The minimum absolute atomic E-state index is 0.412. The van der Waals surface area contributed by atoms with Crippen LogP contribution in [-0.2, 0) is 0 Å². The standard InChI is InChI=1S/C15H16I2O4/c1-19-11-4-5-12-13(8-15(18)21-14(12)7-11)20-6-2-3-10(17)9-16/h4-5,7-8,10H,2-3,6,9H2,1H3. The van der Waals surface area contributed by atoms with Crippen molar-refractivity contribution in [3.63, 3.8) is 0 Å². The zero-order chi connectivity index (χ0) is 15.2. The highest BCUT2D eigenvalue weighted by molar-refractivity contribution is 14.1. The highest BCUT2D eigenvalue weighted by Gasteiger charge is 2.08. The minimum atomic E-state index is -0.412. The van der Waals surface area contributed by atoms with Crippen molar-refractivity contribution in [2.24, 2.45) is 0 Å². The summed E-state index contributed by atoms with van der Waals surface area (Å²) in [5.74, 6) is 1.22. The van der Waals surface area contributed by atoms with Gasteiger partial charge in [-0.25, -0.2) is 4.79 Å². The van der Waals surface area contributed by atoms with Crippen molar-refractivity contribution in [1.29, 1.82) is 0 Å². The number of alkyl halides is 2. The lowest BCUT2D eigenvalue weighted by Crippen LogP contribution is -2.06. The van der Waals surface area contributed by atoms with Crippen LogP contribution in [0.5, 0.6) is 11.5 Å². The second kappa shape index (κ2) is 8.21. The monoisotopic (exact) mass is 514 g/mol.